The normalized spacial score (nSPS) is 20.3. The topological polar surface area (TPSA) is 20.2 Å². The van der Waals surface area contributed by atoms with E-state index in [4.69, 9.17) is 5.11 Å². The van der Waals surface area contributed by atoms with Gasteiger partial charge in [-0.25, -0.2) is 4.39 Å². The summed E-state index contributed by atoms with van der Waals surface area (Å²) in [5.74, 6) is 0.286. The molecule has 1 N–H and O–H groups in total. The Hall–Kier alpha value is -0.890. The minimum Gasteiger partial charge on any atom is -0.396 e. The number of fused-ring (bicyclic) bond motifs is 1. The third kappa shape index (κ3) is 1.46. The highest BCUT2D eigenvalue weighted by Crippen LogP contribution is 2.36. The number of rotatable bonds is 2. The first-order chi connectivity index (χ1) is 6.33. The van der Waals surface area contributed by atoms with Crippen LogP contribution in [0.1, 0.15) is 29.9 Å². The van der Waals surface area contributed by atoms with Gasteiger partial charge in [0, 0.05) is 6.61 Å². The summed E-state index contributed by atoms with van der Waals surface area (Å²) in [5.41, 5.74) is 1.97. The van der Waals surface area contributed by atoms with Crippen molar-refractivity contribution < 1.29 is 9.50 Å². The zero-order chi connectivity index (χ0) is 9.26. The molecule has 0 aromatic heterocycles. The summed E-state index contributed by atoms with van der Waals surface area (Å²) in [5, 5.41) is 8.83. The highest BCUT2D eigenvalue weighted by Gasteiger charge is 2.23. The maximum atomic E-state index is 13.2. The van der Waals surface area contributed by atoms with Gasteiger partial charge in [0.2, 0.25) is 0 Å². The predicted octanol–water partition coefficient (Wildman–Crippen LogP) is 2.24. The number of benzene rings is 1. The van der Waals surface area contributed by atoms with Gasteiger partial charge in [-0.3, -0.25) is 0 Å². The molecule has 0 fully saturated rings. The van der Waals surface area contributed by atoms with E-state index in [2.05, 4.69) is 0 Å². The van der Waals surface area contributed by atoms with Crippen LogP contribution >= 0.6 is 0 Å². The number of aliphatic hydroxyl groups is 1. The van der Waals surface area contributed by atoms with Gasteiger partial charge in [-0.1, -0.05) is 12.1 Å². The fraction of sp³-hybridized carbons (Fsp3) is 0.455. The van der Waals surface area contributed by atoms with Crippen LogP contribution in [-0.2, 0) is 6.42 Å². The van der Waals surface area contributed by atoms with Crippen molar-refractivity contribution in [2.75, 3.05) is 6.61 Å². The van der Waals surface area contributed by atoms with Crippen LogP contribution in [0.3, 0.4) is 0 Å². The summed E-state index contributed by atoms with van der Waals surface area (Å²) in [6.45, 7) is 0.195. The summed E-state index contributed by atoms with van der Waals surface area (Å²) in [6, 6.07) is 5.25. The lowest BCUT2D eigenvalue weighted by Gasteiger charge is -2.08. The largest absolute Gasteiger partial charge is 0.396 e. The number of hydrogen-bond acceptors (Lipinski definition) is 1. The third-order valence-corrected chi connectivity index (χ3v) is 2.82. The molecule has 0 amide bonds. The molecule has 2 heteroatoms. The molecule has 2 rings (SSSR count). The zero-order valence-electron chi connectivity index (χ0n) is 7.46. The molecule has 1 aromatic rings. The molecule has 1 aliphatic rings. The van der Waals surface area contributed by atoms with Crippen molar-refractivity contribution >= 4 is 0 Å². The minimum atomic E-state index is -0.0852. The molecule has 0 radical (unpaired) electrons. The van der Waals surface area contributed by atoms with Gasteiger partial charge in [-0.15, -0.1) is 0 Å². The lowest BCUT2D eigenvalue weighted by Crippen LogP contribution is -1.96. The van der Waals surface area contributed by atoms with E-state index in [9.17, 15) is 4.39 Å². The van der Waals surface area contributed by atoms with E-state index in [0.29, 0.717) is 5.92 Å². The molecule has 0 aliphatic heterocycles. The molecule has 1 unspecified atom stereocenters. The molecular weight excluding hydrogens is 167 g/mol. The summed E-state index contributed by atoms with van der Waals surface area (Å²) >= 11 is 0. The van der Waals surface area contributed by atoms with Crippen molar-refractivity contribution in [2.45, 2.75) is 25.2 Å². The van der Waals surface area contributed by atoms with Crippen LogP contribution in [0.4, 0.5) is 4.39 Å². The van der Waals surface area contributed by atoms with E-state index >= 15 is 0 Å². The number of hydrogen-bond donors (Lipinski definition) is 1. The quantitative estimate of drug-likeness (QED) is 0.740. The Labute approximate surface area is 77.2 Å². The van der Waals surface area contributed by atoms with Crippen LogP contribution in [0.2, 0.25) is 0 Å². The van der Waals surface area contributed by atoms with Crippen molar-refractivity contribution in [2.24, 2.45) is 0 Å². The van der Waals surface area contributed by atoms with E-state index in [1.807, 2.05) is 6.07 Å². The minimum absolute atomic E-state index is 0.0852. The zero-order valence-corrected chi connectivity index (χ0v) is 7.46. The maximum Gasteiger partial charge on any atom is 0.126 e. The Morgan fingerprint density at radius 3 is 3.08 bits per heavy atom. The van der Waals surface area contributed by atoms with Crippen molar-refractivity contribution in [1.29, 1.82) is 0 Å². The average molecular weight is 180 g/mol. The van der Waals surface area contributed by atoms with Gasteiger partial charge in [-0.2, -0.15) is 0 Å². The van der Waals surface area contributed by atoms with Crippen LogP contribution in [0.15, 0.2) is 18.2 Å². The molecule has 0 heterocycles. The second-order valence-corrected chi connectivity index (χ2v) is 3.56. The molecule has 13 heavy (non-hydrogen) atoms. The predicted molar refractivity (Wildman–Crippen MR) is 49.2 cm³/mol. The monoisotopic (exact) mass is 180 g/mol. The molecule has 1 aliphatic carbocycles. The van der Waals surface area contributed by atoms with Gasteiger partial charge in [0.1, 0.15) is 5.82 Å². The molecular formula is C11H13FO. The summed E-state index contributed by atoms with van der Waals surface area (Å²) < 4.78 is 13.2. The van der Waals surface area contributed by atoms with E-state index < -0.39 is 0 Å². The molecule has 0 bridgehead atoms. The van der Waals surface area contributed by atoms with Crippen molar-refractivity contribution in [3.63, 3.8) is 0 Å². The number of halogens is 1. The van der Waals surface area contributed by atoms with Gasteiger partial charge in [-0.05, 0) is 42.4 Å². The molecule has 1 nitrogen and oxygen atoms in total. The highest BCUT2D eigenvalue weighted by molar-refractivity contribution is 5.35. The lowest BCUT2D eigenvalue weighted by molar-refractivity contribution is 0.275. The summed E-state index contributed by atoms with van der Waals surface area (Å²) in [7, 11) is 0. The van der Waals surface area contributed by atoms with Crippen molar-refractivity contribution in [3.8, 4) is 0 Å². The third-order valence-electron chi connectivity index (χ3n) is 2.82. The smallest absolute Gasteiger partial charge is 0.126 e. The second kappa shape index (κ2) is 3.46. The summed E-state index contributed by atoms with van der Waals surface area (Å²) in [4.78, 5) is 0. The standard InChI is InChI=1S/C11H13FO/c12-11-3-1-2-9-8(6-7-13)4-5-10(9)11/h1-3,8,13H,4-7H2. The maximum absolute atomic E-state index is 13.2. The van der Waals surface area contributed by atoms with Crippen LogP contribution < -0.4 is 0 Å². The van der Waals surface area contributed by atoms with E-state index in [0.717, 1.165) is 30.4 Å². The SMILES string of the molecule is OCCC1CCc2c(F)cccc21. The Kier molecular flexibility index (Phi) is 2.32. The van der Waals surface area contributed by atoms with Gasteiger partial charge in [0.15, 0.2) is 0 Å². The van der Waals surface area contributed by atoms with Crippen LogP contribution in [0.5, 0.6) is 0 Å². The Morgan fingerprint density at radius 1 is 1.46 bits per heavy atom. The molecule has 70 valence electrons. The Morgan fingerprint density at radius 2 is 2.31 bits per heavy atom. The molecule has 0 saturated carbocycles. The summed E-state index contributed by atoms with van der Waals surface area (Å²) in [6.07, 6.45) is 2.57. The highest BCUT2D eigenvalue weighted by atomic mass is 19.1. The average Bonchev–Trinajstić information content (AvgIpc) is 2.51. The van der Waals surface area contributed by atoms with Gasteiger partial charge in [0.05, 0.1) is 0 Å². The van der Waals surface area contributed by atoms with Gasteiger partial charge in [0.25, 0.3) is 0 Å². The van der Waals surface area contributed by atoms with Crippen LogP contribution in [0, 0.1) is 5.82 Å². The van der Waals surface area contributed by atoms with E-state index in [1.54, 1.807) is 6.07 Å². The first-order valence-corrected chi connectivity index (χ1v) is 4.71. The van der Waals surface area contributed by atoms with Crippen molar-refractivity contribution in [1.82, 2.24) is 0 Å². The molecule has 1 atom stereocenters. The molecule has 1 aromatic carbocycles. The van der Waals surface area contributed by atoms with Gasteiger partial charge < -0.3 is 5.11 Å². The fourth-order valence-corrected chi connectivity index (χ4v) is 2.15. The second-order valence-electron chi connectivity index (χ2n) is 3.56. The first kappa shape index (κ1) is 8.70. The Balaban J connectivity index is 2.32. The Bertz CT molecular complexity index is 309. The fourth-order valence-electron chi connectivity index (χ4n) is 2.15. The van der Waals surface area contributed by atoms with Crippen LogP contribution in [-0.4, -0.2) is 11.7 Å². The molecule has 0 saturated heterocycles. The van der Waals surface area contributed by atoms with E-state index in [1.165, 1.54) is 6.07 Å². The lowest BCUT2D eigenvalue weighted by atomic mass is 9.98. The molecule has 0 spiro atoms. The number of aliphatic hydroxyl groups excluding tert-OH is 1. The first-order valence-electron chi connectivity index (χ1n) is 4.71. The van der Waals surface area contributed by atoms with Gasteiger partial charge >= 0.3 is 0 Å². The van der Waals surface area contributed by atoms with Crippen LogP contribution in [0.25, 0.3) is 0 Å². The van der Waals surface area contributed by atoms with E-state index in [-0.39, 0.29) is 12.4 Å². The van der Waals surface area contributed by atoms with Crippen molar-refractivity contribution in [3.05, 3.63) is 35.1 Å².